The molecule has 1 aromatic heterocycles. The van der Waals surface area contributed by atoms with E-state index in [9.17, 15) is 9.18 Å². The van der Waals surface area contributed by atoms with Gasteiger partial charge in [-0.05, 0) is 75.0 Å². The SMILES string of the molecule is Cc1c(F)cccc1N1CCN([C@H]2C=C(c3nc4c(c(=O)[nH]3)CC3(CC4)CC3)CC2)CC1. The Morgan fingerprint density at radius 1 is 1.12 bits per heavy atom. The molecular formula is C26H31FN4O. The molecule has 3 aliphatic carbocycles. The Morgan fingerprint density at radius 2 is 1.94 bits per heavy atom. The Kier molecular flexibility index (Phi) is 4.75. The van der Waals surface area contributed by atoms with E-state index in [1.807, 2.05) is 13.0 Å². The molecule has 6 heteroatoms. The van der Waals surface area contributed by atoms with Crippen LogP contribution in [0.4, 0.5) is 10.1 Å². The van der Waals surface area contributed by atoms with Gasteiger partial charge >= 0.3 is 0 Å². The number of allylic oxidation sites excluding steroid dienone is 1. The lowest BCUT2D eigenvalue weighted by Crippen LogP contribution is -2.49. The lowest BCUT2D eigenvalue weighted by atomic mass is 9.84. The highest BCUT2D eigenvalue weighted by atomic mass is 19.1. The molecule has 2 fully saturated rings. The Hall–Kier alpha value is -2.47. The fraction of sp³-hybridized carbons (Fsp3) is 0.538. The lowest BCUT2D eigenvalue weighted by molar-refractivity contribution is 0.214. The molecule has 0 unspecified atom stereocenters. The molecule has 1 aliphatic heterocycles. The van der Waals surface area contributed by atoms with Crippen LogP contribution in [0.1, 0.15) is 54.7 Å². The summed E-state index contributed by atoms with van der Waals surface area (Å²) in [6.45, 7) is 5.58. The van der Waals surface area contributed by atoms with E-state index in [0.717, 1.165) is 80.2 Å². The third-order valence-corrected chi connectivity index (χ3v) is 8.27. The Bertz CT molecular complexity index is 1140. The van der Waals surface area contributed by atoms with Crippen LogP contribution in [-0.4, -0.2) is 47.1 Å². The zero-order valence-corrected chi connectivity index (χ0v) is 18.8. The highest BCUT2D eigenvalue weighted by molar-refractivity contribution is 5.63. The van der Waals surface area contributed by atoms with E-state index in [1.165, 1.54) is 30.9 Å². The molecule has 1 N–H and O–H groups in total. The van der Waals surface area contributed by atoms with Gasteiger partial charge in [0.05, 0.1) is 5.69 Å². The number of aromatic amines is 1. The van der Waals surface area contributed by atoms with Gasteiger partial charge in [-0.1, -0.05) is 12.1 Å². The number of nitrogens with zero attached hydrogens (tertiary/aromatic N) is 3. The standard InChI is InChI=1S/C26H31FN4O/c1-17-21(27)3-2-4-23(17)31-13-11-30(12-14-31)19-6-5-18(15-19)24-28-22-7-8-26(9-10-26)16-20(22)25(32)29-24/h2-4,15,19H,5-14,16H2,1H3,(H,28,29,32)/t19-/m1/s1. The van der Waals surface area contributed by atoms with Gasteiger partial charge in [0.1, 0.15) is 11.6 Å². The van der Waals surface area contributed by atoms with Crippen molar-refractivity contribution in [3.8, 4) is 0 Å². The van der Waals surface area contributed by atoms with Crippen LogP contribution in [0.3, 0.4) is 0 Å². The van der Waals surface area contributed by atoms with Crippen molar-refractivity contribution in [1.82, 2.24) is 14.9 Å². The molecule has 0 amide bonds. The van der Waals surface area contributed by atoms with Gasteiger partial charge in [0.25, 0.3) is 5.56 Å². The number of anilines is 1. The topological polar surface area (TPSA) is 52.2 Å². The molecule has 5 nitrogen and oxygen atoms in total. The quantitative estimate of drug-likeness (QED) is 0.797. The van der Waals surface area contributed by atoms with Crippen LogP contribution in [0.5, 0.6) is 0 Å². The van der Waals surface area contributed by atoms with Gasteiger partial charge in [-0.3, -0.25) is 9.69 Å². The fourth-order valence-corrected chi connectivity index (χ4v) is 5.96. The summed E-state index contributed by atoms with van der Waals surface area (Å²) in [7, 11) is 0. The van der Waals surface area contributed by atoms with E-state index in [2.05, 4.69) is 20.9 Å². The molecule has 1 saturated heterocycles. The summed E-state index contributed by atoms with van der Waals surface area (Å²) < 4.78 is 14.0. The van der Waals surface area contributed by atoms with Crippen molar-refractivity contribution in [3.05, 3.63) is 63.1 Å². The number of aromatic nitrogens is 2. The number of piperazine rings is 1. The Labute approximate surface area is 188 Å². The molecule has 32 heavy (non-hydrogen) atoms. The van der Waals surface area contributed by atoms with Crippen molar-refractivity contribution in [2.24, 2.45) is 5.41 Å². The second kappa shape index (κ2) is 7.55. The summed E-state index contributed by atoms with van der Waals surface area (Å²) in [5, 5.41) is 0. The number of hydrogen-bond acceptors (Lipinski definition) is 4. The van der Waals surface area contributed by atoms with Crippen LogP contribution in [0.15, 0.2) is 29.1 Å². The maximum atomic E-state index is 14.0. The molecule has 1 saturated carbocycles. The number of benzene rings is 1. The van der Waals surface area contributed by atoms with E-state index in [0.29, 0.717) is 11.5 Å². The lowest BCUT2D eigenvalue weighted by Gasteiger charge is -2.39. The number of H-pyrrole nitrogens is 1. The second-order valence-electron chi connectivity index (χ2n) is 10.2. The van der Waals surface area contributed by atoms with Crippen LogP contribution in [0.2, 0.25) is 0 Å². The average Bonchev–Trinajstić information content (AvgIpc) is 3.36. The first kappa shape index (κ1) is 20.2. The first-order valence-corrected chi connectivity index (χ1v) is 12.1. The van der Waals surface area contributed by atoms with Crippen molar-refractivity contribution < 1.29 is 4.39 Å². The summed E-state index contributed by atoms with van der Waals surface area (Å²) in [5.74, 6) is 0.657. The number of aryl methyl sites for hydroxylation is 1. The monoisotopic (exact) mass is 434 g/mol. The Balaban J connectivity index is 1.15. The first-order chi connectivity index (χ1) is 15.5. The third-order valence-electron chi connectivity index (χ3n) is 8.27. The summed E-state index contributed by atoms with van der Waals surface area (Å²) >= 11 is 0. The molecule has 1 spiro atoms. The largest absolute Gasteiger partial charge is 0.369 e. The van der Waals surface area contributed by atoms with Crippen LogP contribution in [-0.2, 0) is 12.8 Å². The van der Waals surface area contributed by atoms with Gasteiger partial charge in [0.2, 0.25) is 0 Å². The summed E-state index contributed by atoms with van der Waals surface area (Å²) in [4.78, 5) is 25.6. The van der Waals surface area contributed by atoms with Gasteiger partial charge in [-0.25, -0.2) is 9.37 Å². The number of fused-ring (bicyclic) bond motifs is 1. The van der Waals surface area contributed by atoms with Gasteiger partial charge in [0, 0.05) is 49.0 Å². The van der Waals surface area contributed by atoms with Crippen molar-refractivity contribution >= 4 is 11.3 Å². The van der Waals surface area contributed by atoms with E-state index < -0.39 is 0 Å². The van der Waals surface area contributed by atoms with E-state index in [-0.39, 0.29) is 11.4 Å². The summed E-state index contributed by atoms with van der Waals surface area (Å²) in [6, 6.07) is 5.73. The third kappa shape index (κ3) is 3.49. The normalized spacial score (nSPS) is 24.5. The maximum absolute atomic E-state index is 14.0. The number of hydrogen-bond donors (Lipinski definition) is 1. The minimum atomic E-state index is -0.132. The number of halogens is 1. The van der Waals surface area contributed by atoms with Crippen molar-refractivity contribution in [1.29, 1.82) is 0 Å². The van der Waals surface area contributed by atoms with Gasteiger partial charge in [-0.15, -0.1) is 0 Å². The molecule has 0 bridgehead atoms. The van der Waals surface area contributed by atoms with E-state index >= 15 is 0 Å². The Morgan fingerprint density at radius 3 is 2.72 bits per heavy atom. The zero-order valence-electron chi connectivity index (χ0n) is 18.8. The highest BCUT2D eigenvalue weighted by Gasteiger charge is 2.45. The fourth-order valence-electron chi connectivity index (χ4n) is 5.96. The minimum Gasteiger partial charge on any atom is -0.369 e. The average molecular weight is 435 g/mol. The molecule has 1 atom stereocenters. The second-order valence-corrected chi connectivity index (χ2v) is 10.2. The molecule has 0 radical (unpaired) electrons. The molecule has 6 rings (SSSR count). The summed E-state index contributed by atoms with van der Waals surface area (Å²) in [5.41, 5.74) is 5.41. The van der Waals surface area contributed by atoms with Gasteiger partial charge in [-0.2, -0.15) is 0 Å². The predicted octanol–water partition coefficient (Wildman–Crippen LogP) is 3.85. The number of nitrogens with one attached hydrogen (secondary N) is 1. The smallest absolute Gasteiger partial charge is 0.254 e. The number of rotatable bonds is 3. The van der Waals surface area contributed by atoms with Crippen molar-refractivity contribution in [3.63, 3.8) is 0 Å². The van der Waals surface area contributed by atoms with Crippen molar-refractivity contribution in [2.75, 3.05) is 31.1 Å². The molecular weight excluding hydrogens is 403 g/mol. The molecule has 1 aromatic carbocycles. The van der Waals surface area contributed by atoms with E-state index in [4.69, 9.17) is 4.98 Å². The predicted molar refractivity (Wildman–Crippen MR) is 124 cm³/mol. The van der Waals surface area contributed by atoms with Crippen LogP contribution < -0.4 is 10.5 Å². The molecule has 4 aliphatic rings. The summed E-state index contributed by atoms with van der Waals surface area (Å²) in [6.07, 6.45) is 9.94. The zero-order chi connectivity index (χ0) is 21.9. The minimum absolute atomic E-state index is 0.0828. The maximum Gasteiger partial charge on any atom is 0.254 e. The van der Waals surface area contributed by atoms with Crippen molar-refractivity contribution in [2.45, 2.75) is 57.9 Å². The molecule has 2 aromatic rings. The van der Waals surface area contributed by atoms with Gasteiger partial charge in [0.15, 0.2) is 0 Å². The first-order valence-electron chi connectivity index (χ1n) is 12.1. The molecule has 2 heterocycles. The van der Waals surface area contributed by atoms with Gasteiger partial charge < -0.3 is 9.88 Å². The highest BCUT2D eigenvalue weighted by Crippen LogP contribution is 2.53. The molecule has 168 valence electrons. The van der Waals surface area contributed by atoms with Crippen LogP contribution in [0.25, 0.3) is 5.57 Å². The van der Waals surface area contributed by atoms with Crippen LogP contribution in [0, 0.1) is 18.2 Å². The van der Waals surface area contributed by atoms with E-state index in [1.54, 1.807) is 6.07 Å². The van der Waals surface area contributed by atoms with Crippen LogP contribution >= 0.6 is 0 Å².